The molecule has 0 aromatic rings. The van der Waals surface area contributed by atoms with Gasteiger partial charge < -0.3 is 22.0 Å². The molecule has 12 heavy (non-hydrogen) atoms. The summed E-state index contributed by atoms with van der Waals surface area (Å²) < 4.78 is 31.6. The zero-order valence-corrected chi connectivity index (χ0v) is 15.3. The van der Waals surface area contributed by atoms with E-state index in [4.69, 9.17) is 36.7 Å². The average molecular weight is 446 g/mol. The van der Waals surface area contributed by atoms with E-state index in [1.54, 1.807) is 0 Å². The Bertz CT molecular complexity index is 162. The number of hydrogen-bond acceptors (Lipinski definition) is 6. The summed E-state index contributed by atoms with van der Waals surface area (Å²) in [5.41, 5.74) is 0. The Labute approximate surface area is 122 Å². The van der Waals surface area contributed by atoms with E-state index in [1.165, 1.54) is 0 Å². The van der Waals surface area contributed by atoms with Gasteiger partial charge in [0, 0.05) is 0 Å². The van der Waals surface area contributed by atoms with Crippen molar-refractivity contribution in [2.24, 2.45) is 0 Å². The second-order valence-electron chi connectivity index (χ2n) is 1.05. The van der Waals surface area contributed by atoms with Gasteiger partial charge in [0.15, 0.2) is 0 Å². The van der Waals surface area contributed by atoms with E-state index >= 15 is 0 Å². The Morgan fingerprint density at radius 2 is 1.00 bits per heavy atom. The molecule has 0 amide bonds. The summed E-state index contributed by atoms with van der Waals surface area (Å²) in [6, 6.07) is 0. The minimum absolute atomic E-state index is 0. The Balaban J connectivity index is -0.0000000178. The van der Waals surface area contributed by atoms with E-state index < -0.39 is 19.4 Å². The predicted molar refractivity (Wildman–Crippen MR) is 45.3 cm³/mol. The molecule has 0 atom stereocenters. The van der Waals surface area contributed by atoms with Crippen molar-refractivity contribution in [3.63, 3.8) is 0 Å². The second-order valence-corrected chi connectivity index (χ2v) is 3.14. The van der Waals surface area contributed by atoms with Gasteiger partial charge in [-0.15, -0.1) is 0 Å². The van der Waals surface area contributed by atoms with Crippen molar-refractivity contribution in [1.29, 1.82) is 0 Å². The van der Waals surface area contributed by atoms with Gasteiger partial charge in [-0.2, -0.15) is 8.42 Å². The van der Waals surface area contributed by atoms with Gasteiger partial charge in [0.05, 0.1) is 0 Å². The van der Waals surface area contributed by atoms with E-state index in [1.807, 2.05) is 0 Å². The zero-order chi connectivity index (χ0) is 9.00. The quantitative estimate of drug-likeness (QED) is 0.162. The van der Waals surface area contributed by atoms with Crippen LogP contribution in [0, 0.1) is 0 Å². The van der Waals surface area contributed by atoms with Crippen molar-refractivity contribution < 1.29 is 39.6 Å². The minimum atomic E-state index is -4.67. The molecule has 0 bridgehead atoms. The molecule has 8 nitrogen and oxygen atoms in total. The Morgan fingerprint density at radius 1 is 1.00 bits per heavy atom. The molecule has 0 heterocycles. The summed E-state index contributed by atoms with van der Waals surface area (Å²) in [5.74, 6) is 0. The van der Waals surface area contributed by atoms with Crippen LogP contribution in [0.1, 0.15) is 2.85 Å². The van der Waals surface area contributed by atoms with Gasteiger partial charge in [0.25, 0.3) is 0 Å². The normalized spacial score (nSPS) is 9.83. The fourth-order valence-corrected chi connectivity index (χ4v) is 0. The van der Waals surface area contributed by atoms with Gasteiger partial charge in [0.1, 0.15) is 0 Å². The van der Waals surface area contributed by atoms with Gasteiger partial charge in [-0.05, 0) is 0 Å². The molecule has 0 unspecified atom stereocenters. The third kappa shape index (κ3) is 336. The molecular weight excluding hydrogens is 435 g/mol. The van der Waals surface area contributed by atoms with Crippen molar-refractivity contribution in [2.45, 2.75) is 0 Å². The summed E-state index contributed by atoms with van der Waals surface area (Å²) in [4.78, 5) is 29.3. The maximum atomic E-state index is 8.74. The van der Waals surface area contributed by atoms with Crippen LogP contribution in [0.4, 0.5) is 0 Å². The first-order chi connectivity index (χ1) is 4.00. The first kappa shape index (κ1) is 23.7. The molecule has 0 aliphatic carbocycles. The molecule has 0 fully saturated rings. The second kappa shape index (κ2) is 9.66. The van der Waals surface area contributed by atoms with Crippen LogP contribution in [0.3, 0.4) is 0 Å². The molecule has 0 aliphatic heterocycles. The predicted octanol–water partition coefficient (Wildman–Crippen LogP) is -4.33. The maximum absolute atomic E-state index is 8.74. The summed E-state index contributed by atoms with van der Waals surface area (Å²) in [6.45, 7) is 0. The molecule has 0 rings (SSSR count). The monoisotopic (exact) mass is 446 g/mol. The molecule has 6 N–H and O–H groups in total. The van der Waals surface area contributed by atoms with Crippen molar-refractivity contribution in [2.75, 3.05) is 0 Å². The van der Waals surface area contributed by atoms with Crippen molar-refractivity contribution in [3.05, 3.63) is 0 Å². The van der Waals surface area contributed by atoms with E-state index in [9.17, 15) is 0 Å². The van der Waals surface area contributed by atoms with Gasteiger partial charge in [0.2, 0.25) is 0 Å². The van der Waals surface area contributed by atoms with Gasteiger partial charge in [-0.3, -0.25) is 9.11 Å². The molecule has 0 aromatic carbocycles. The molecule has 74 valence electrons. The van der Waals surface area contributed by atoms with Gasteiger partial charge in [-0.1, -0.05) is 0 Å². The standard InChI is InChI=1S/Ca.H2O4S.H4O4Si.Pb.4H/c;2*1-5(2,3)4;;;;;/h;(H2,1,2,3,4);1-4H;;;;;/q+2;;;;;;2*-1. The Kier molecular flexibility index (Phi) is 19.1. The van der Waals surface area contributed by atoms with E-state index in [2.05, 4.69) is 0 Å². The van der Waals surface area contributed by atoms with E-state index in [0.29, 0.717) is 0 Å². The van der Waals surface area contributed by atoms with Crippen LogP contribution < -0.4 is 0 Å². The summed E-state index contributed by atoms with van der Waals surface area (Å²) in [5, 5.41) is 0. The number of rotatable bonds is 0. The van der Waals surface area contributed by atoms with Gasteiger partial charge in [-0.25, -0.2) is 0 Å². The molecule has 2 radical (unpaired) electrons. The van der Waals surface area contributed by atoms with Gasteiger partial charge >= 0.3 is 84.5 Å². The van der Waals surface area contributed by atoms with Crippen molar-refractivity contribution in [1.82, 2.24) is 0 Å². The molecule has 0 aliphatic rings. The molecular formula is H10CaO8PbSSi. The zero-order valence-electron chi connectivity index (χ0n) is 7.82. The van der Waals surface area contributed by atoms with Crippen LogP contribution in [-0.2, 0) is 10.4 Å². The Morgan fingerprint density at radius 3 is 1.00 bits per heavy atom. The average Bonchev–Trinajstić information content (AvgIpc) is 1.12. The van der Waals surface area contributed by atoms with E-state index in [-0.39, 0.29) is 67.9 Å². The fraction of sp³-hybridized carbons (Fsp3) is 0. The van der Waals surface area contributed by atoms with Crippen LogP contribution in [0.25, 0.3) is 0 Å². The number of hydrogen-bond donors (Lipinski definition) is 6. The van der Waals surface area contributed by atoms with Crippen molar-refractivity contribution >= 4 is 84.5 Å². The fourth-order valence-electron chi connectivity index (χ4n) is 0. The Hall–Kier alpha value is 2.11. The van der Waals surface area contributed by atoms with Crippen LogP contribution in [0.15, 0.2) is 0 Å². The SMILES string of the molecule is O=S(=O)(O)O.O[Si](O)(O)O.[Ca+2].[H-].[H-].[PbH2]. The molecule has 0 saturated heterocycles. The van der Waals surface area contributed by atoms with Crippen LogP contribution in [0.2, 0.25) is 0 Å². The molecule has 0 saturated carbocycles. The van der Waals surface area contributed by atoms with Crippen LogP contribution in [-0.4, -0.2) is 111 Å². The summed E-state index contributed by atoms with van der Waals surface area (Å²) in [6.07, 6.45) is 0. The molecule has 0 spiro atoms. The van der Waals surface area contributed by atoms with Crippen LogP contribution >= 0.6 is 0 Å². The first-order valence-electron chi connectivity index (χ1n) is 1.59. The first-order valence-corrected chi connectivity index (χ1v) is 4.78. The summed E-state index contributed by atoms with van der Waals surface area (Å²) >= 11 is 0. The molecule has 0 aromatic heterocycles. The molecule has 12 heteroatoms. The van der Waals surface area contributed by atoms with E-state index in [0.717, 1.165) is 0 Å². The topological polar surface area (TPSA) is 156 Å². The van der Waals surface area contributed by atoms with Crippen LogP contribution in [0.5, 0.6) is 0 Å². The van der Waals surface area contributed by atoms with Crippen molar-refractivity contribution in [3.8, 4) is 0 Å². The third-order valence-corrected chi connectivity index (χ3v) is 0. The summed E-state index contributed by atoms with van der Waals surface area (Å²) in [7, 11) is -9.28. The third-order valence-electron chi connectivity index (χ3n) is 0.